The average Bonchev–Trinajstić information content (AvgIpc) is 2.93. The van der Waals surface area contributed by atoms with Crippen molar-refractivity contribution in [2.24, 2.45) is 0 Å². The number of rotatable bonds is 5. The van der Waals surface area contributed by atoms with Crippen LogP contribution < -0.4 is 10.2 Å². The van der Waals surface area contributed by atoms with E-state index in [0.717, 1.165) is 36.7 Å². The number of nitrogens with zero attached hydrogens (tertiary/aromatic N) is 3. The highest BCUT2D eigenvalue weighted by Crippen LogP contribution is 2.29. The highest BCUT2D eigenvalue weighted by atomic mass is 19.4. The lowest BCUT2D eigenvalue weighted by atomic mass is 10.1. The second-order valence-corrected chi connectivity index (χ2v) is 7.20. The number of carbonyl (C=O) groups excluding carboxylic acids is 1. The molecule has 0 saturated carbocycles. The van der Waals surface area contributed by atoms with Crippen LogP contribution in [0.15, 0.2) is 22.7 Å². The molecule has 0 atom stereocenters. The first-order valence-electron chi connectivity index (χ1n) is 9.52. The Morgan fingerprint density at radius 3 is 2.34 bits per heavy atom. The summed E-state index contributed by atoms with van der Waals surface area (Å²) in [7, 11) is 0. The topological polar surface area (TPSA) is 61.6 Å². The number of anilines is 1. The molecule has 6 nitrogen and oxygen atoms in total. The van der Waals surface area contributed by atoms with Crippen LogP contribution in [-0.4, -0.2) is 55.1 Å². The van der Waals surface area contributed by atoms with Crippen molar-refractivity contribution in [2.45, 2.75) is 26.9 Å². The Kier molecular flexibility index (Phi) is 6.16. The molecule has 1 N–H and O–H groups in total. The Hall–Kier alpha value is -2.55. The molecule has 0 aliphatic carbocycles. The molecule has 0 bridgehead atoms. The Morgan fingerprint density at radius 2 is 1.83 bits per heavy atom. The van der Waals surface area contributed by atoms with E-state index in [2.05, 4.69) is 15.2 Å². The summed E-state index contributed by atoms with van der Waals surface area (Å²) >= 11 is 0. The predicted molar refractivity (Wildman–Crippen MR) is 103 cm³/mol. The van der Waals surface area contributed by atoms with Crippen molar-refractivity contribution >= 4 is 11.7 Å². The van der Waals surface area contributed by atoms with Crippen molar-refractivity contribution in [3.05, 3.63) is 46.5 Å². The standard InChI is InChI=1S/C20H25F3N4O2/c1-13-14(2)29-15(3)18(13)19(28)24-6-7-26-8-10-27(11-9-26)17-5-4-16(12-25-17)20(21,22)23/h4-5,12H,6-11H2,1-3H3,(H,24,28). The third-order valence-corrected chi connectivity index (χ3v) is 5.27. The minimum Gasteiger partial charge on any atom is -0.466 e. The molecule has 0 spiro atoms. The van der Waals surface area contributed by atoms with Crippen LogP contribution in [0.2, 0.25) is 0 Å². The second kappa shape index (κ2) is 8.44. The van der Waals surface area contributed by atoms with Crippen molar-refractivity contribution in [2.75, 3.05) is 44.2 Å². The quantitative estimate of drug-likeness (QED) is 0.821. The smallest absolute Gasteiger partial charge is 0.417 e. The van der Waals surface area contributed by atoms with Gasteiger partial charge >= 0.3 is 6.18 Å². The van der Waals surface area contributed by atoms with Crippen LogP contribution in [-0.2, 0) is 6.18 Å². The van der Waals surface area contributed by atoms with Crippen LogP contribution in [0.3, 0.4) is 0 Å². The minimum absolute atomic E-state index is 0.135. The summed E-state index contributed by atoms with van der Waals surface area (Å²) in [5.74, 6) is 1.78. The van der Waals surface area contributed by atoms with Gasteiger partial charge in [0.05, 0.1) is 11.1 Å². The Morgan fingerprint density at radius 1 is 1.14 bits per heavy atom. The lowest BCUT2D eigenvalue weighted by Crippen LogP contribution is -2.48. The number of pyridine rings is 1. The van der Waals surface area contributed by atoms with E-state index in [1.54, 1.807) is 6.92 Å². The van der Waals surface area contributed by atoms with Gasteiger partial charge in [-0.3, -0.25) is 9.69 Å². The van der Waals surface area contributed by atoms with Gasteiger partial charge in [0.15, 0.2) is 0 Å². The first-order valence-corrected chi connectivity index (χ1v) is 9.52. The van der Waals surface area contributed by atoms with Crippen molar-refractivity contribution in [3.63, 3.8) is 0 Å². The van der Waals surface area contributed by atoms with Gasteiger partial charge in [0.25, 0.3) is 5.91 Å². The van der Waals surface area contributed by atoms with Crippen LogP contribution in [0.4, 0.5) is 19.0 Å². The van der Waals surface area contributed by atoms with Gasteiger partial charge in [-0.1, -0.05) is 0 Å². The molecule has 0 radical (unpaired) electrons. The molecule has 1 aliphatic heterocycles. The zero-order valence-electron chi connectivity index (χ0n) is 16.8. The number of piperazine rings is 1. The summed E-state index contributed by atoms with van der Waals surface area (Å²) in [5.41, 5.74) is 0.715. The average molecular weight is 410 g/mol. The van der Waals surface area contributed by atoms with E-state index in [4.69, 9.17) is 4.42 Å². The van der Waals surface area contributed by atoms with E-state index in [1.807, 2.05) is 18.7 Å². The molecule has 3 rings (SSSR count). The van der Waals surface area contributed by atoms with E-state index in [-0.39, 0.29) is 5.91 Å². The molecule has 0 aromatic carbocycles. The van der Waals surface area contributed by atoms with Crippen LogP contribution in [0.5, 0.6) is 0 Å². The minimum atomic E-state index is -4.37. The summed E-state index contributed by atoms with van der Waals surface area (Å²) in [5, 5.41) is 2.93. The van der Waals surface area contributed by atoms with Crippen LogP contribution in [0.1, 0.15) is 33.0 Å². The molecule has 1 amide bonds. The highest BCUT2D eigenvalue weighted by molar-refractivity contribution is 5.96. The van der Waals surface area contributed by atoms with Gasteiger partial charge in [-0.15, -0.1) is 0 Å². The summed E-state index contributed by atoms with van der Waals surface area (Å²) < 4.78 is 43.4. The largest absolute Gasteiger partial charge is 0.466 e. The first-order chi connectivity index (χ1) is 13.7. The van der Waals surface area contributed by atoms with E-state index in [0.29, 0.717) is 43.3 Å². The van der Waals surface area contributed by atoms with E-state index in [1.165, 1.54) is 6.07 Å². The Balaban J connectivity index is 1.45. The van der Waals surface area contributed by atoms with Crippen molar-refractivity contribution < 1.29 is 22.4 Å². The van der Waals surface area contributed by atoms with Gasteiger partial charge in [0.1, 0.15) is 17.3 Å². The fourth-order valence-electron chi connectivity index (χ4n) is 3.48. The molecular weight excluding hydrogens is 385 g/mol. The number of nitrogens with one attached hydrogen (secondary N) is 1. The number of hydrogen-bond donors (Lipinski definition) is 1. The molecule has 1 fully saturated rings. The molecule has 158 valence electrons. The van der Waals surface area contributed by atoms with Crippen molar-refractivity contribution in [1.82, 2.24) is 15.2 Å². The number of halogens is 3. The predicted octanol–water partition coefficient (Wildman–Crippen LogP) is 3.17. The highest BCUT2D eigenvalue weighted by Gasteiger charge is 2.31. The summed E-state index contributed by atoms with van der Waals surface area (Å²) in [6, 6.07) is 2.47. The van der Waals surface area contributed by atoms with E-state index < -0.39 is 11.7 Å². The molecular formula is C20H25F3N4O2. The fraction of sp³-hybridized carbons (Fsp3) is 0.500. The number of hydrogen-bond acceptors (Lipinski definition) is 5. The number of aryl methyl sites for hydroxylation is 2. The first kappa shape index (κ1) is 21.2. The molecule has 2 aromatic heterocycles. The van der Waals surface area contributed by atoms with E-state index in [9.17, 15) is 18.0 Å². The Labute approximate surface area is 167 Å². The molecule has 0 unspecified atom stereocenters. The fourth-order valence-corrected chi connectivity index (χ4v) is 3.48. The molecule has 1 saturated heterocycles. The molecule has 2 aromatic rings. The normalized spacial score (nSPS) is 15.6. The molecule has 9 heteroatoms. The van der Waals surface area contributed by atoms with Crippen LogP contribution in [0.25, 0.3) is 0 Å². The zero-order valence-corrected chi connectivity index (χ0v) is 16.8. The van der Waals surface area contributed by atoms with Gasteiger partial charge < -0.3 is 14.6 Å². The molecule has 1 aliphatic rings. The number of alkyl halides is 3. The number of aromatic nitrogens is 1. The van der Waals surface area contributed by atoms with E-state index >= 15 is 0 Å². The second-order valence-electron chi connectivity index (χ2n) is 7.20. The maximum absolute atomic E-state index is 12.6. The van der Waals surface area contributed by atoms with Crippen LogP contribution in [0, 0.1) is 20.8 Å². The molecule has 3 heterocycles. The molecule has 29 heavy (non-hydrogen) atoms. The van der Waals surface area contributed by atoms with Crippen molar-refractivity contribution in [3.8, 4) is 0 Å². The van der Waals surface area contributed by atoms with Gasteiger partial charge in [-0.25, -0.2) is 4.98 Å². The third kappa shape index (κ3) is 4.90. The summed E-state index contributed by atoms with van der Waals surface area (Å²) in [6.07, 6.45) is -3.50. The maximum atomic E-state index is 12.6. The SMILES string of the molecule is Cc1oc(C)c(C(=O)NCCN2CCN(c3ccc(C(F)(F)F)cn3)CC2)c1C. The summed E-state index contributed by atoms with van der Waals surface area (Å²) in [6.45, 7) is 9.55. The van der Waals surface area contributed by atoms with Crippen molar-refractivity contribution in [1.29, 1.82) is 0 Å². The third-order valence-electron chi connectivity index (χ3n) is 5.27. The number of carbonyl (C=O) groups is 1. The number of furan rings is 1. The van der Waals surface area contributed by atoms with Gasteiger partial charge in [-0.05, 0) is 32.9 Å². The van der Waals surface area contributed by atoms with Crippen LogP contribution >= 0.6 is 0 Å². The van der Waals surface area contributed by atoms with Gasteiger partial charge in [0, 0.05) is 51.0 Å². The Bertz CT molecular complexity index is 854. The maximum Gasteiger partial charge on any atom is 0.417 e. The monoisotopic (exact) mass is 410 g/mol. The lowest BCUT2D eigenvalue weighted by molar-refractivity contribution is -0.137. The zero-order chi connectivity index (χ0) is 21.2. The number of amides is 1. The lowest BCUT2D eigenvalue weighted by Gasteiger charge is -2.35. The summed E-state index contributed by atoms with van der Waals surface area (Å²) in [4.78, 5) is 20.5. The van der Waals surface area contributed by atoms with Gasteiger partial charge in [0.2, 0.25) is 0 Å². The van der Waals surface area contributed by atoms with Gasteiger partial charge in [-0.2, -0.15) is 13.2 Å².